The molecule has 1 atom stereocenters. The lowest BCUT2D eigenvalue weighted by molar-refractivity contribution is -0.138. The number of ether oxygens (including phenoxy) is 1. The summed E-state index contributed by atoms with van der Waals surface area (Å²) in [6, 6.07) is 7.85. The Morgan fingerprint density at radius 1 is 1.28 bits per heavy atom. The minimum absolute atomic E-state index is 0.0991. The standard InChI is InChI=1S/C21H23NO3/c1-5-7-16(6-2)13-25-21(24)20-15(4)22-19(23)12-18(20)17-10-8-14(3)9-11-17/h5-11,18H,1-2,12-13H2,3-4H3,(H,22,23)/b16-7+. The van der Waals surface area contributed by atoms with Crippen molar-refractivity contribution in [3.8, 4) is 0 Å². The molecule has 0 aromatic heterocycles. The molecule has 0 spiro atoms. The second-order valence-electron chi connectivity index (χ2n) is 6.01. The SMILES string of the molecule is C=C/C=C(\C=C)COC(=O)C1=C(C)NC(=O)CC1c1ccc(C)cc1. The zero-order valence-corrected chi connectivity index (χ0v) is 14.7. The number of aryl methyl sites for hydroxylation is 1. The monoisotopic (exact) mass is 337 g/mol. The summed E-state index contributed by atoms with van der Waals surface area (Å²) in [6.45, 7) is 11.1. The lowest BCUT2D eigenvalue weighted by Crippen LogP contribution is -2.34. The summed E-state index contributed by atoms with van der Waals surface area (Å²) in [5.41, 5.74) is 3.84. The third-order valence-corrected chi connectivity index (χ3v) is 4.13. The number of carbonyl (C=O) groups is 2. The summed E-state index contributed by atoms with van der Waals surface area (Å²) in [5.74, 6) is -0.838. The highest BCUT2D eigenvalue weighted by atomic mass is 16.5. The number of carbonyl (C=O) groups excluding carboxylic acids is 2. The topological polar surface area (TPSA) is 55.4 Å². The Labute approximate surface area is 148 Å². The van der Waals surface area contributed by atoms with Gasteiger partial charge in [0.15, 0.2) is 0 Å². The first kappa shape index (κ1) is 18.5. The van der Waals surface area contributed by atoms with E-state index < -0.39 is 5.97 Å². The Bertz CT molecular complexity index is 754. The lowest BCUT2D eigenvalue weighted by Gasteiger charge is -2.26. The van der Waals surface area contributed by atoms with Crippen LogP contribution in [0.2, 0.25) is 0 Å². The van der Waals surface area contributed by atoms with Gasteiger partial charge >= 0.3 is 5.97 Å². The van der Waals surface area contributed by atoms with E-state index in [1.54, 1.807) is 25.2 Å². The summed E-state index contributed by atoms with van der Waals surface area (Å²) in [6.07, 6.45) is 5.20. The van der Waals surface area contributed by atoms with E-state index in [-0.39, 0.29) is 24.9 Å². The zero-order valence-electron chi connectivity index (χ0n) is 14.7. The van der Waals surface area contributed by atoms with Crippen LogP contribution in [0, 0.1) is 6.92 Å². The van der Waals surface area contributed by atoms with E-state index in [2.05, 4.69) is 18.5 Å². The molecule has 0 aliphatic carbocycles. The van der Waals surface area contributed by atoms with E-state index in [1.165, 1.54) is 0 Å². The number of benzene rings is 1. The van der Waals surface area contributed by atoms with Crippen LogP contribution in [0.5, 0.6) is 0 Å². The molecule has 0 saturated carbocycles. The number of amides is 1. The Balaban J connectivity index is 2.28. The highest BCUT2D eigenvalue weighted by Gasteiger charge is 2.32. The maximum atomic E-state index is 12.7. The first-order valence-electron chi connectivity index (χ1n) is 8.14. The van der Waals surface area contributed by atoms with Crippen molar-refractivity contribution < 1.29 is 14.3 Å². The van der Waals surface area contributed by atoms with Gasteiger partial charge in [0.25, 0.3) is 0 Å². The van der Waals surface area contributed by atoms with E-state index in [0.717, 1.165) is 16.7 Å². The fourth-order valence-electron chi connectivity index (χ4n) is 2.81. The van der Waals surface area contributed by atoms with Crippen LogP contribution < -0.4 is 5.32 Å². The summed E-state index contributed by atoms with van der Waals surface area (Å²) < 4.78 is 5.43. The van der Waals surface area contributed by atoms with Gasteiger partial charge in [0, 0.05) is 18.0 Å². The van der Waals surface area contributed by atoms with Gasteiger partial charge in [-0.1, -0.05) is 61.2 Å². The number of hydrogen-bond acceptors (Lipinski definition) is 3. The fraction of sp³-hybridized carbons (Fsp3) is 0.238. The molecule has 1 amide bonds. The molecule has 0 bridgehead atoms. The molecule has 4 heteroatoms. The van der Waals surface area contributed by atoms with Crippen molar-refractivity contribution in [2.75, 3.05) is 6.61 Å². The molecule has 0 saturated heterocycles. The van der Waals surface area contributed by atoms with Crippen molar-refractivity contribution in [1.82, 2.24) is 5.32 Å². The van der Waals surface area contributed by atoms with E-state index >= 15 is 0 Å². The number of rotatable bonds is 6. The van der Waals surface area contributed by atoms with E-state index in [0.29, 0.717) is 11.3 Å². The van der Waals surface area contributed by atoms with Gasteiger partial charge in [0.1, 0.15) is 6.61 Å². The van der Waals surface area contributed by atoms with Crippen LogP contribution in [0.15, 0.2) is 72.5 Å². The Hall–Kier alpha value is -2.88. The molecule has 0 fully saturated rings. The highest BCUT2D eigenvalue weighted by Crippen LogP contribution is 2.33. The quantitative estimate of drug-likeness (QED) is 0.636. The minimum atomic E-state index is -0.431. The molecule has 2 rings (SSSR count). The smallest absolute Gasteiger partial charge is 0.336 e. The van der Waals surface area contributed by atoms with Crippen LogP contribution in [-0.2, 0) is 14.3 Å². The molecule has 130 valence electrons. The third-order valence-electron chi connectivity index (χ3n) is 4.13. The molecular formula is C21H23NO3. The lowest BCUT2D eigenvalue weighted by atomic mass is 9.84. The normalized spacial score (nSPS) is 17.8. The molecule has 4 nitrogen and oxygen atoms in total. The van der Waals surface area contributed by atoms with E-state index in [9.17, 15) is 9.59 Å². The average molecular weight is 337 g/mol. The summed E-state index contributed by atoms with van der Waals surface area (Å²) in [5, 5.41) is 2.74. The van der Waals surface area contributed by atoms with Crippen LogP contribution in [0.25, 0.3) is 0 Å². The Morgan fingerprint density at radius 3 is 2.56 bits per heavy atom. The van der Waals surface area contributed by atoms with Gasteiger partial charge < -0.3 is 10.1 Å². The Kier molecular flexibility index (Phi) is 6.12. The molecule has 1 heterocycles. The van der Waals surface area contributed by atoms with Gasteiger partial charge in [0.05, 0.1) is 5.57 Å². The molecule has 1 aromatic carbocycles. The second-order valence-corrected chi connectivity index (χ2v) is 6.01. The molecular weight excluding hydrogens is 314 g/mol. The Morgan fingerprint density at radius 2 is 1.96 bits per heavy atom. The summed E-state index contributed by atoms with van der Waals surface area (Å²) >= 11 is 0. The number of allylic oxidation sites excluding steroid dienone is 3. The van der Waals surface area contributed by atoms with E-state index in [4.69, 9.17) is 4.74 Å². The maximum absolute atomic E-state index is 12.7. The van der Waals surface area contributed by atoms with Crippen molar-refractivity contribution in [2.45, 2.75) is 26.2 Å². The molecule has 1 N–H and O–H groups in total. The first-order chi connectivity index (χ1) is 12.0. The van der Waals surface area contributed by atoms with Crippen LogP contribution >= 0.6 is 0 Å². The number of nitrogens with one attached hydrogen (secondary N) is 1. The maximum Gasteiger partial charge on any atom is 0.336 e. The number of hydrogen-bond donors (Lipinski definition) is 1. The molecule has 1 aliphatic heterocycles. The van der Waals surface area contributed by atoms with Crippen molar-refractivity contribution in [3.63, 3.8) is 0 Å². The first-order valence-corrected chi connectivity index (χ1v) is 8.14. The van der Waals surface area contributed by atoms with Gasteiger partial charge in [-0.15, -0.1) is 0 Å². The molecule has 1 aliphatic rings. The fourth-order valence-corrected chi connectivity index (χ4v) is 2.81. The molecule has 1 unspecified atom stereocenters. The minimum Gasteiger partial charge on any atom is -0.457 e. The van der Waals surface area contributed by atoms with Crippen molar-refractivity contribution in [1.29, 1.82) is 0 Å². The number of esters is 1. The van der Waals surface area contributed by atoms with Gasteiger partial charge in [-0.25, -0.2) is 4.79 Å². The average Bonchev–Trinajstić information content (AvgIpc) is 2.58. The molecule has 0 radical (unpaired) electrons. The van der Waals surface area contributed by atoms with Gasteiger partial charge in [-0.05, 0) is 25.0 Å². The zero-order chi connectivity index (χ0) is 18.4. The second kappa shape index (κ2) is 8.29. The highest BCUT2D eigenvalue weighted by molar-refractivity contribution is 5.95. The van der Waals surface area contributed by atoms with Crippen LogP contribution in [0.3, 0.4) is 0 Å². The van der Waals surface area contributed by atoms with Crippen molar-refractivity contribution in [2.24, 2.45) is 0 Å². The summed E-state index contributed by atoms with van der Waals surface area (Å²) in [4.78, 5) is 24.6. The largest absolute Gasteiger partial charge is 0.457 e. The van der Waals surface area contributed by atoms with Crippen molar-refractivity contribution in [3.05, 3.63) is 83.6 Å². The van der Waals surface area contributed by atoms with Gasteiger partial charge in [-0.3, -0.25) is 4.79 Å². The summed E-state index contributed by atoms with van der Waals surface area (Å²) in [7, 11) is 0. The van der Waals surface area contributed by atoms with Crippen molar-refractivity contribution >= 4 is 11.9 Å². The predicted octanol–water partition coefficient (Wildman–Crippen LogP) is 3.71. The molecule has 25 heavy (non-hydrogen) atoms. The molecule has 1 aromatic rings. The van der Waals surface area contributed by atoms with Gasteiger partial charge in [-0.2, -0.15) is 0 Å². The predicted molar refractivity (Wildman–Crippen MR) is 98.8 cm³/mol. The van der Waals surface area contributed by atoms with Crippen LogP contribution in [0.4, 0.5) is 0 Å². The van der Waals surface area contributed by atoms with Crippen LogP contribution in [0.1, 0.15) is 30.4 Å². The third kappa shape index (κ3) is 4.57. The van der Waals surface area contributed by atoms with Gasteiger partial charge in [0.2, 0.25) is 5.91 Å². The van der Waals surface area contributed by atoms with E-state index in [1.807, 2.05) is 31.2 Å². The van der Waals surface area contributed by atoms with Crippen LogP contribution in [-0.4, -0.2) is 18.5 Å².